The summed E-state index contributed by atoms with van der Waals surface area (Å²) < 4.78 is 35.7. The largest absolute Gasteiger partial charge is 0.424 e. The third kappa shape index (κ3) is 4.95. The highest BCUT2D eigenvalue weighted by molar-refractivity contribution is 7.89. The van der Waals surface area contributed by atoms with Crippen molar-refractivity contribution in [3.8, 4) is 11.8 Å². The summed E-state index contributed by atoms with van der Waals surface area (Å²) in [6, 6.07) is 9.61. The Hall–Kier alpha value is -2.13. The molecular formula is C20H22Cl2N4O3S. The first-order valence-corrected chi connectivity index (χ1v) is 11.5. The summed E-state index contributed by atoms with van der Waals surface area (Å²) in [6.45, 7) is 8.06. The molecule has 0 unspecified atom stereocenters. The van der Waals surface area contributed by atoms with Crippen molar-refractivity contribution >= 4 is 33.2 Å². The van der Waals surface area contributed by atoms with Gasteiger partial charge in [-0.2, -0.15) is 0 Å². The van der Waals surface area contributed by atoms with Gasteiger partial charge in [-0.05, 0) is 69.2 Å². The molecule has 0 radical (unpaired) electrons. The maximum Gasteiger partial charge on any atom is 0.322 e. The van der Waals surface area contributed by atoms with E-state index < -0.39 is 16.1 Å². The molecule has 2 aromatic carbocycles. The summed E-state index contributed by atoms with van der Waals surface area (Å²) in [4.78, 5) is 0.0121. The fourth-order valence-electron chi connectivity index (χ4n) is 3.09. The molecule has 0 amide bonds. The van der Waals surface area contributed by atoms with E-state index >= 15 is 0 Å². The quantitative estimate of drug-likeness (QED) is 0.523. The van der Waals surface area contributed by atoms with Crippen LogP contribution in [0.15, 0.2) is 41.3 Å². The zero-order valence-corrected chi connectivity index (χ0v) is 19.3. The average molecular weight is 469 g/mol. The van der Waals surface area contributed by atoms with Crippen LogP contribution in [-0.2, 0) is 16.6 Å². The number of rotatable bonds is 7. The maximum atomic E-state index is 12.8. The normalized spacial score (nSPS) is 12.7. The molecule has 1 aromatic heterocycles. The molecule has 10 heteroatoms. The molecule has 0 bridgehead atoms. The van der Waals surface area contributed by atoms with Crippen LogP contribution in [0.5, 0.6) is 11.8 Å². The maximum absolute atomic E-state index is 12.8. The predicted octanol–water partition coefficient (Wildman–Crippen LogP) is 5.05. The lowest BCUT2D eigenvalue weighted by Crippen LogP contribution is -2.29. The SMILES string of the molecule is CCn1c(Oc2cc(C)cc(C)c2)nnc1[C@@H](C)NS(=O)(=O)c1ccc(Cl)c(Cl)c1. The number of hydrogen-bond acceptors (Lipinski definition) is 5. The van der Waals surface area contributed by atoms with Crippen LogP contribution in [0.1, 0.15) is 36.8 Å². The van der Waals surface area contributed by atoms with Crippen LogP contribution in [0.2, 0.25) is 10.0 Å². The van der Waals surface area contributed by atoms with E-state index in [-0.39, 0.29) is 21.0 Å². The topological polar surface area (TPSA) is 86.1 Å². The molecule has 0 saturated carbocycles. The predicted molar refractivity (Wildman–Crippen MR) is 117 cm³/mol. The minimum Gasteiger partial charge on any atom is -0.424 e. The van der Waals surface area contributed by atoms with Crippen molar-refractivity contribution in [1.29, 1.82) is 0 Å². The van der Waals surface area contributed by atoms with Gasteiger partial charge in [0.25, 0.3) is 0 Å². The number of nitrogens with one attached hydrogen (secondary N) is 1. The Morgan fingerprint density at radius 2 is 1.73 bits per heavy atom. The molecule has 3 aromatic rings. The monoisotopic (exact) mass is 468 g/mol. The number of hydrogen-bond donors (Lipinski definition) is 1. The van der Waals surface area contributed by atoms with Crippen LogP contribution in [0.4, 0.5) is 0 Å². The molecule has 0 saturated heterocycles. The summed E-state index contributed by atoms with van der Waals surface area (Å²) >= 11 is 11.8. The standard InChI is InChI=1S/C20H22Cl2N4O3S/c1-5-26-19(23-24-20(26)29-15-9-12(2)8-13(3)10-15)14(4)25-30(27,28)16-6-7-17(21)18(22)11-16/h6-11,14,25H,5H2,1-4H3/t14-/m1/s1. The second-order valence-electron chi connectivity index (χ2n) is 6.93. The molecule has 30 heavy (non-hydrogen) atoms. The van der Waals surface area contributed by atoms with Gasteiger partial charge in [0.2, 0.25) is 10.0 Å². The second kappa shape index (κ2) is 8.93. The first-order valence-electron chi connectivity index (χ1n) is 9.27. The molecule has 1 atom stereocenters. The molecule has 0 aliphatic rings. The smallest absolute Gasteiger partial charge is 0.322 e. The van der Waals surface area contributed by atoms with Crippen molar-refractivity contribution in [2.75, 3.05) is 0 Å². The van der Waals surface area contributed by atoms with Gasteiger partial charge in [-0.15, -0.1) is 5.10 Å². The summed E-state index contributed by atoms with van der Waals surface area (Å²) in [5.74, 6) is 1.07. The van der Waals surface area contributed by atoms with E-state index in [4.69, 9.17) is 27.9 Å². The fraction of sp³-hybridized carbons (Fsp3) is 0.300. The summed E-state index contributed by atoms with van der Waals surface area (Å²) in [6.07, 6.45) is 0. The minimum atomic E-state index is -3.85. The minimum absolute atomic E-state index is 0.0121. The zero-order chi connectivity index (χ0) is 22.1. The van der Waals surface area contributed by atoms with Crippen LogP contribution in [-0.4, -0.2) is 23.2 Å². The first kappa shape index (κ1) is 22.6. The van der Waals surface area contributed by atoms with E-state index in [2.05, 4.69) is 14.9 Å². The lowest BCUT2D eigenvalue weighted by Gasteiger charge is -2.16. The van der Waals surface area contributed by atoms with Gasteiger partial charge < -0.3 is 4.74 Å². The van der Waals surface area contributed by atoms with E-state index in [1.807, 2.05) is 39.0 Å². The lowest BCUT2D eigenvalue weighted by atomic mass is 10.1. The summed E-state index contributed by atoms with van der Waals surface area (Å²) in [5.41, 5.74) is 2.13. The van der Waals surface area contributed by atoms with Gasteiger partial charge in [-0.1, -0.05) is 34.4 Å². The van der Waals surface area contributed by atoms with E-state index in [1.165, 1.54) is 18.2 Å². The van der Waals surface area contributed by atoms with Crippen molar-refractivity contribution in [3.63, 3.8) is 0 Å². The molecule has 0 aliphatic heterocycles. The average Bonchev–Trinajstić information content (AvgIpc) is 3.05. The van der Waals surface area contributed by atoms with E-state index in [0.717, 1.165) is 11.1 Å². The van der Waals surface area contributed by atoms with Crippen molar-refractivity contribution in [3.05, 3.63) is 63.4 Å². The van der Waals surface area contributed by atoms with E-state index in [0.29, 0.717) is 18.1 Å². The number of ether oxygens (including phenoxy) is 1. The number of halogens is 2. The Labute approximate surface area is 186 Å². The molecule has 0 fully saturated rings. The summed E-state index contributed by atoms with van der Waals surface area (Å²) in [7, 11) is -3.85. The molecule has 0 aliphatic carbocycles. The van der Waals surface area contributed by atoms with Crippen molar-refractivity contribution in [2.24, 2.45) is 0 Å². The number of nitrogens with zero attached hydrogens (tertiary/aromatic N) is 3. The van der Waals surface area contributed by atoms with Gasteiger partial charge in [0.1, 0.15) is 5.75 Å². The van der Waals surface area contributed by atoms with Crippen LogP contribution < -0.4 is 9.46 Å². The van der Waals surface area contributed by atoms with Crippen LogP contribution in [0.25, 0.3) is 0 Å². The van der Waals surface area contributed by atoms with Gasteiger partial charge in [-0.25, -0.2) is 13.1 Å². The Kier molecular flexibility index (Phi) is 6.71. The number of aryl methyl sites for hydroxylation is 2. The van der Waals surface area contributed by atoms with Crippen LogP contribution in [0, 0.1) is 13.8 Å². The molecular weight excluding hydrogens is 447 g/mol. The highest BCUT2D eigenvalue weighted by atomic mass is 35.5. The lowest BCUT2D eigenvalue weighted by molar-refractivity contribution is 0.407. The summed E-state index contributed by atoms with van der Waals surface area (Å²) in [5, 5.41) is 8.70. The van der Waals surface area contributed by atoms with E-state index in [1.54, 1.807) is 11.5 Å². The molecule has 1 heterocycles. The Bertz CT molecular complexity index is 1160. The second-order valence-corrected chi connectivity index (χ2v) is 9.46. The third-order valence-corrected chi connectivity index (χ3v) is 6.66. The van der Waals surface area contributed by atoms with Gasteiger partial charge in [0.15, 0.2) is 5.82 Å². The number of sulfonamides is 1. The molecule has 160 valence electrons. The molecule has 1 N–H and O–H groups in total. The highest BCUT2D eigenvalue weighted by Crippen LogP contribution is 2.27. The van der Waals surface area contributed by atoms with Gasteiger partial charge in [-0.3, -0.25) is 4.57 Å². The first-order chi connectivity index (χ1) is 14.1. The van der Waals surface area contributed by atoms with Crippen molar-refractivity contribution in [1.82, 2.24) is 19.5 Å². The zero-order valence-electron chi connectivity index (χ0n) is 17.0. The van der Waals surface area contributed by atoms with Gasteiger partial charge >= 0.3 is 6.01 Å². The molecule has 3 rings (SSSR count). The Morgan fingerprint density at radius 1 is 1.07 bits per heavy atom. The number of benzene rings is 2. The van der Waals surface area contributed by atoms with Crippen LogP contribution >= 0.6 is 23.2 Å². The number of aromatic nitrogens is 3. The molecule has 7 nitrogen and oxygen atoms in total. The highest BCUT2D eigenvalue weighted by Gasteiger charge is 2.24. The fourth-order valence-corrected chi connectivity index (χ4v) is 4.68. The third-order valence-electron chi connectivity index (χ3n) is 4.39. The Morgan fingerprint density at radius 3 is 2.33 bits per heavy atom. The van der Waals surface area contributed by atoms with Gasteiger partial charge in [0, 0.05) is 6.54 Å². The van der Waals surface area contributed by atoms with Crippen LogP contribution in [0.3, 0.4) is 0 Å². The van der Waals surface area contributed by atoms with Crippen molar-refractivity contribution in [2.45, 2.75) is 45.2 Å². The Balaban J connectivity index is 1.85. The van der Waals surface area contributed by atoms with Crippen molar-refractivity contribution < 1.29 is 13.2 Å². The molecule has 0 spiro atoms. The van der Waals surface area contributed by atoms with Gasteiger partial charge in [0.05, 0.1) is 21.0 Å². The van der Waals surface area contributed by atoms with E-state index in [9.17, 15) is 8.42 Å².